The Morgan fingerprint density at radius 2 is 1.76 bits per heavy atom. The Bertz CT molecular complexity index is 871. The summed E-state index contributed by atoms with van der Waals surface area (Å²) in [6.45, 7) is 3.96. The van der Waals surface area contributed by atoms with Gasteiger partial charge in [-0.2, -0.15) is 0 Å². The van der Waals surface area contributed by atoms with Crippen LogP contribution < -0.4 is 10.6 Å². The van der Waals surface area contributed by atoms with E-state index in [9.17, 15) is 5.11 Å². The minimum Gasteiger partial charge on any atom is -0.388 e. The van der Waals surface area contributed by atoms with Gasteiger partial charge in [0, 0.05) is 24.0 Å². The molecule has 1 aromatic heterocycles. The van der Waals surface area contributed by atoms with E-state index in [0.717, 1.165) is 34.3 Å². The lowest BCUT2D eigenvalue weighted by Gasteiger charge is -2.14. The molecule has 0 spiro atoms. The number of rotatable bonds is 8. The molecule has 0 saturated carbocycles. The molecule has 3 aromatic rings. The fourth-order valence-electron chi connectivity index (χ4n) is 2.76. The quantitative estimate of drug-likeness (QED) is 0.230. The summed E-state index contributed by atoms with van der Waals surface area (Å²) < 4.78 is 0. The fourth-order valence-corrected chi connectivity index (χ4v) is 3.58. The average Bonchev–Trinajstić information content (AvgIpc) is 3.22. The summed E-state index contributed by atoms with van der Waals surface area (Å²) in [7, 11) is 0. The highest BCUT2D eigenvalue weighted by Crippen LogP contribution is 2.23. The van der Waals surface area contributed by atoms with E-state index in [1.165, 1.54) is 0 Å². The molecule has 0 amide bonds. The molecule has 2 aromatic carbocycles. The lowest BCUT2D eigenvalue weighted by Crippen LogP contribution is -2.38. The van der Waals surface area contributed by atoms with Crippen LogP contribution in [0.2, 0.25) is 0 Å². The zero-order chi connectivity index (χ0) is 19.6. The molecule has 0 saturated heterocycles. The van der Waals surface area contributed by atoms with Gasteiger partial charge in [0.05, 0.1) is 18.3 Å². The molecule has 3 rings (SSSR count). The van der Waals surface area contributed by atoms with Gasteiger partial charge < -0.3 is 15.7 Å². The summed E-state index contributed by atoms with van der Waals surface area (Å²) in [5.74, 6) is 0.733. The Hall–Kier alpha value is -1.97. The molecule has 0 aliphatic rings. The van der Waals surface area contributed by atoms with Crippen molar-refractivity contribution in [1.29, 1.82) is 0 Å². The van der Waals surface area contributed by atoms with E-state index in [0.29, 0.717) is 19.5 Å². The Morgan fingerprint density at radius 1 is 1.07 bits per heavy atom. The Kier molecular flexibility index (Phi) is 10.1. The molecule has 7 heteroatoms. The number of nitrogens with zero attached hydrogens (tertiary/aromatic N) is 2. The van der Waals surface area contributed by atoms with Crippen molar-refractivity contribution >= 4 is 41.3 Å². The zero-order valence-electron chi connectivity index (χ0n) is 16.4. The van der Waals surface area contributed by atoms with Crippen LogP contribution in [0, 0.1) is 0 Å². The van der Waals surface area contributed by atoms with Gasteiger partial charge >= 0.3 is 0 Å². The molecule has 0 bridgehead atoms. The molecule has 0 aliphatic heterocycles. The number of aliphatic hydroxyl groups is 1. The van der Waals surface area contributed by atoms with E-state index in [1.54, 1.807) is 11.3 Å². The van der Waals surface area contributed by atoms with Crippen molar-refractivity contribution in [1.82, 2.24) is 15.6 Å². The van der Waals surface area contributed by atoms with E-state index in [2.05, 4.69) is 38.1 Å². The summed E-state index contributed by atoms with van der Waals surface area (Å²) in [5, 5.41) is 19.9. The zero-order valence-corrected chi connectivity index (χ0v) is 19.6. The molecule has 154 valence electrons. The van der Waals surface area contributed by atoms with Crippen molar-refractivity contribution < 1.29 is 5.11 Å². The maximum absolute atomic E-state index is 10.3. The van der Waals surface area contributed by atoms with Gasteiger partial charge in [0.25, 0.3) is 0 Å². The van der Waals surface area contributed by atoms with Crippen LogP contribution >= 0.6 is 35.3 Å². The number of thiazole rings is 1. The van der Waals surface area contributed by atoms with Crippen molar-refractivity contribution in [2.45, 2.75) is 26.0 Å². The summed E-state index contributed by atoms with van der Waals surface area (Å²) in [6, 6.07) is 19.9. The van der Waals surface area contributed by atoms with Crippen LogP contribution in [0.3, 0.4) is 0 Å². The molecule has 1 unspecified atom stereocenters. The van der Waals surface area contributed by atoms with Crippen molar-refractivity contribution in [3.63, 3.8) is 0 Å². The topological polar surface area (TPSA) is 69.5 Å². The Labute approximate surface area is 193 Å². The van der Waals surface area contributed by atoms with Gasteiger partial charge in [-0.05, 0) is 18.9 Å². The third-order valence-electron chi connectivity index (χ3n) is 4.21. The second kappa shape index (κ2) is 12.6. The summed E-state index contributed by atoms with van der Waals surface area (Å²) in [6.07, 6.45) is 0.132. The molecule has 1 heterocycles. The summed E-state index contributed by atoms with van der Waals surface area (Å²) >= 11 is 1.63. The first-order valence-corrected chi connectivity index (χ1v) is 10.4. The number of benzene rings is 2. The normalized spacial score (nSPS) is 12.1. The van der Waals surface area contributed by atoms with E-state index in [1.807, 2.05) is 55.5 Å². The average molecular weight is 522 g/mol. The largest absolute Gasteiger partial charge is 0.388 e. The number of aromatic nitrogens is 1. The van der Waals surface area contributed by atoms with E-state index in [-0.39, 0.29) is 24.0 Å². The van der Waals surface area contributed by atoms with Gasteiger partial charge in [0.2, 0.25) is 0 Å². The molecule has 1 atom stereocenters. The minimum atomic E-state index is -0.483. The van der Waals surface area contributed by atoms with Crippen LogP contribution in [-0.2, 0) is 6.54 Å². The van der Waals surface area contributed by atoms with Crippen LogP contribution in [0.25, 0.3) is 10.6 Å². The lowest BCUT2D eigenvalue weighted by molar-refractivity contribution is 0.168. The fraction of sp³-hybridized carbons (Fsp3) is 0.273. The first-order valence-electron chi connectivity index (χ1n) is 9.51. The number of aliphatic imine (C=N–C) groups is 1. The molecule has 29 heavy (non-hydrogen) atoms. The molecule has 5 nitrogen and oxygen atoms in total. The van der Waals surface area contributed by atoms with E-state index >= 15 is 0 Å². The van der Waals surface area contributed by atoms with Gasteiger partial charge in [-0.3, -0.25) is 0 Å². The number of aliphatic hydroxyl groups excluding tert-OH is 1. The highest BCUT2D eigenvalue weighted by Gasteiger charge is 2.08. The molecule has 0 radical (unpaired) electrons. The summed E-state index contributed by atoms with van der Waals surface area (Å²) in [4.78, 5) is 9.29. The first-order chi connectivity index (χ1) is 13.8. The van der Waals surface area contributed by atoms with Crippen LogP contribution in [0.1, 0.15) is 30.7 Å². The van der Waals surface area contributed by atoms with Gasteiger partial charge in [0.1, 0.15) is 5.01 Å². The maximum atomic E-state index is 10.3. The highest BCUT2D eigenvalue weighted by atomic mass is 127. The first kappa shape index (κ1) is 23.3. The third kappa shape index (κ3) is 7.41. The molecule has 0 fully saturated rings. The predicted molar refractivity (Wildman–Crippen MR) is 132 cm³/mol. The number of hydrogen-bond acceptors (Lipinski definition) is 4. The Morgan fingerprint density at radius 3 is 2.45 bits per heavy atom. The smallest absolute Gasteiger partial charge is 0.191 e. The third-order valence-corrected chi connectivity index (χ3v) is 5.15. The number of nitrogens with one attached hydrogen (secondary N) is 2. The number of hydrogen-bond donors (Lipinski definition) is 3. The molecular weight excluding hydrogens is 495 g/mol. The van der Waals surface area contributed by atoms with Crippen molar-refractivity contribution in [2.24, 2.45) is 4.99 Å². The SMILES string of the molecule is CCNC(=NCc1csc(-c2ccccc2)n1)NCCC(O)c1ccccc1.I. The minimum absolute atomic E-state index is 0. The van der Waals surface area contributed by atoms with Crippen LogP contribution in [0.4, 0.5) is 0 Å². The lowest BCUT2D eigenvalue weighted by atomic mass is 10.1. The molecule has 3 N–H and O–H groups in total. The van der Waals surface area contributed by atoms with Crippen LogP contribution in [0.5, 0.6) is 0 Å². The van der Waals surface area contributed by atoms with Crippen molar-refractivity contribution in [3.05, 3.63) is 77.3 Å². The molecule has 0 aliphatic carbocycles. The second-order valence-corrected chi connectivity index (χ2v) is 7.21. The van der Waals surface area contributed by atoms with Crippen LogP contribution in [0.15, 0.2) is 71.0 Å². The van der Waals surface area contributed by atoms with Gasteiger partial charge in [-0.15, -0.1) is 35.3 Å². The maximum Gasteiger partial charge on any atom is 0.191 e. The van der Waals surface area contributed by atoms with Crippen molar-refractivity contribution in [2.75, 3.05) is 13.1 Å². The highest BCUT2D eigenvalue weighted by molar-refractivity contribution is 14.0. The van der Waals surface area contributed by atoms with E-state index in [4.69, 9.17) is 0 Å². The predicted octanol–water partition coefficient (Wildman–Crippen LogP) is 4.61. The monoisotopic (exact) mass is 522 g/mol. The number of guanidine groups is 1. The van der Waals surface area contributed by atoms with Gasteiger partial charge in [0.15, 0.2) is 5.96 Å². The van der Waals surface area contributed by atoms with Gasteiger partial charge in [-0.1, -0.05) is 60.7 Å². The van der Waals surface area contributed by atoms with E-state index < -0.39 is 6.10 Å². The molecular formula is C22H27IN4OS. The second-order valence-electron chi connectivity index (χ2n) is 6.35. The standard InChI is InChI=1S/C22H26N4OS.HI/c1-2-23-22(24-14-13-20(27)17-9-5-3-6-10-17)25-15-19-16-28-21(26-19)18-11-7-4-8-12-18;/h3-12,16,20,27H,2,13-15H2,1H3,(H2,23,24,25);1H. The summed E-state index contributed by atoms with van der Waals surface area (Å²) in [5.41, 5.74) is 3.01. The van der Waals surface area contributed by atoms with Crippen LogP contribution in [-0.4, -0.2) is 29.1 Å². The van der Waals surface area contributed by atoms with Gasteiger partial charge in [-0.25, -0.2) is 9.98 Å². The van der Waals surface area contributed by atoms with Crippen molar-refractivity contribution in [3.8, 4) is 10.6 Å². The Balaban J connectivity index is 0.00000300. The number of halogens is 1.